The fourth-order valence-electron chi connectivity index (χ4n) is 2.97. The molecule has 1 N–H and O–H groups in total. The third kappa shape index (κ3) is 8.87. The molecule has 0 spiro atoms. The summed E-state index contributed by atoms with van der Waals surface area (Å²) in [6.45, 7) is 6.20. The molecule has 0 saturated carbocycles. The van der Waals surface area contributed by atoms with Gasteiger partial charge in [0.2, 0.25) is 11.8 Å². The number of thioether (sulfide) groups is 1. The van der Waals surface area contributed by atoms with E-state index >= 15 is 0 Å². The Bertz CT molecular complexity index is 863. The molecular formula is C24H30BrClN2O2S. The number of carbonyl (C=O) groups is 2. The van der Waals surface area contributed by atoms with Crippen molar-refractivity contribution in [1.29, 1.82) is 0 Å². The molecule has 2 amide bonds. The van der Waals surface area contributed by atoms with Crippen molar-refractivity contribution in [1.82, 2.24) is 10.2 Å². The minimum Gasteiger partial charge on any atom is -0.352 e. The van der Waals surface area contributed by atoms with Crippen LogP contribution in [0.1, 0.15) is 45.6 Å². The van der Waals surface area contributed by atoms with E-state index in [1.54, 1.807) is 23.6 Å². The van der Waals surface area contributed by atoms with Gasteiger partial charge in [0.05, 0.1) is 0 Å². The summed E-state index contributed by atoms with van der Waals surface area (Å²) in [4.78, 5) is 28.6. The summed E-state index contributed by atoms with van der Waals surface area (Å²) >= 11 is 11.1. The number of amides is 2. The van der Waals surface area contributed by atoms with Gasteiger partial charge in [0, 0.05) is 33.4 Å². The highest BCUT2D eigenvalue weighted by Crippen LogP contribution is 2.22. The van der Waals surface area contributed by atoms with Gasteiger partial charge in [-0.1, -0.05) is 46.6 Å². The number of benzene rings is 2. The summed E-state index contributed by atoms with van der Waals surface area (Å²) < 4.78 is 0.952. The number of hydrogen-bond donors (Lipinski definition) is 1. The van der Waals surface area contributed by atoms with Crippen LogP contribution in [0.25, 0.3) is 0 Å². The number of nitrogens with one attached hydrogen (secondary N) is 1. The highest BCUT2D eigenvalue weighted by molar-refractivity contribution is 9.10. The van der Waals surface area contributed by atoms with Crippen LogP contribution in [0.15, 0.2) is 57.9 Å². The second-order valence-electron chi connectivity index (χ2n) is 7.55. The van der Waals surface area contributed by atoms with Crippen molar-refractivity contribution in [2.75, 3.05) is 5.75 Å². The van der Waals surface area contributed by atoms with Crippen LogP contribution in [-0.4, -0.2) is 34.6 Å². The van der Waals surface area contributed by atoms with E-state index in [1.807, 2.05) is 62.4 Å². The van der Waals surface area contributed by atoms with E-state index in [0.717, 1.165) is 33.5 Å². The largest absolute Gasteiger partial charge is 0.352 e. The highest BCUT2D eigenvalue weighted by atomic mass is 79.9. The van der Waals surface area contributed by atoms with Crippen LogP contribution in [0.3, 0.4) is 0 Å². The monoisotopic (exact) mass is 524 g/mol. The maximum absolute atomic E-state index is 13.1. The third-order valence-corrected chi connectivity index (χ3v) is 6.87. The standard InChI is InChI=1S/C24H30BrClN2O2S/c1-4-17(2)27-24(30)18(3)28(16-19-7-5-8-20(25)15-19)23(29)9-6-14-31-22-12-10-21(26)11-13-22/h5,7-8,10-13,15,17-18H,4,6,9,14,16H2,1-3H3,(H,27,30)/t17-,18+/m1/s1. The maximum atomic E-state index is 13.1. The molecule has 7 heteroatoms. The minimum absolute atomic E-state index is 0.0107. The summed E-state index contributed by atoms with van der Waals surface area (Å²) in [5.74, 6) is 0.697. The molecule has 0 saturated heterocycles. The van der Waals surface area contributed by atoms with Crippen LogP contribution < -0.4 is 5.32 Å². The zero-order valence-electron chi connectivity index (χ0n) is 18.2. The normalized spacial score (nSPS) is 12.8. The Kier molecular flexibility index (Phi) is 10.9. The van der Waals surface area contributed by atoms with Crippen molar-refractivity contribution in [3.63, 3.8) is 0 Å². The topological polar surface area (TPSA) is 49.4 Å². The molecule has 0 aromatic heterocycles. The van der Waals surface area contributed by atoms with Crippen molar-refractivity contribution in [2.24, 2.45) is 0 Å². The van der Waals surface area contributed by atoms with Gasteiger partial charge in [-0.3, -0.25) is 9.59 Å². The first-order valence-electron chi connectivity index (χ1n) is 10.5. The molecule has 0 heterocycles. The average Bonchev–Trinajstić information content (AvgIpc) is 2.75. The van der Waals surface area contributed by atoms with Gasteiger partial charge in [-0.25, -0.2) is 0 Å². The molecule has 0 fully saturated rings. The van der Waals surface area contributed by atoms with Crippen molar-refractivity contribution < 1.29 is 9.59 Å². The lowest BCUT2D eigenvalue weighted by molar-refractivity contribution is -0.140. The molecule has 31 heavy (non-hydrogen) atoms. The van der Waals surface area contributed by atoms with Crippen LogP contribution >= 0.6 is 39.3 Å². The molecule has 0 aliphatic rings. The predicted molar refractivity (Wildman–Crippen MR) is 133 cm³/mol. The van der Waals surface area contributed by atoms with E-state index in [2.05, 4.69) is 21.2 Å². The minimum atomic E-state index is -0.538. The maximum Gasteiger partial charge on any atom is 0.242 e. The molecular weight excluding hydrogens is 496 g/mol. The Balaban J connectivity index is 2.00. The van der Waals surface area contributed by atoms with E-state index in [4.69, 9.17) is 11.6 Å². The number of nitrogens with zero attached hydrogens (tertiary/aromatic N) is 1. The molecule has 2 aromatic carbocycles. The summed E-state index contributed by atoms with van der Waals surface area (Å²) in [6.07, 6.45) is 1.98. The van der Waals surface area contributed by atoms with Crippen molar-refractivity contribution in [3.05, 3.63) is 63.6 Å². The molecule has 168 valence electrons. The quantitative estimate of drug-likeness (QED) is 0.276. The van der Waals surface area contributed by atoms with Crippen LogP contribution in [-0.2, 0) is 16.1 Å². The summed E-state index contributed by atoms with van der Waals surface area (Å²) in [6, 6.07) is 15.1. The Labute approximate surface area is 203 Å². The van der Waals surface area contributed by atoms with Crippen LogP contribution in [0.4, 0.5) is 0 Å². The SMILES string of the molecule is CC[C@@H](C)NC(=O)[C@H](C)N(Cc1cccc(Br)c1)C(=O)CCCSc1ccc(Cl)cc1. The van der Waals surface area contributed by atoms with E-state index < -0.39 is 6.04 Å². The van der Waals surface area contributed by atoms with E-state index in [-0.39, 0.29) is 17.9 Å². The number of rotatable bonds is 11. The van der Waals surface area contributed by atoms with Gasteiger partial charge < -0.3 is 10.2 Å². The lowest BCUT2D eigenvalue weighted by Gasteiger charge is -2.30. The van der Waals surface area contributed by atoms with Crippen molar-refractivity contribution >= 4 is 51.1 Å². The first-order chi connectivity index (χ1) is 14.8. The van der Waals surface area contributed by atoms with Crippen LogP contribution in [0, 0.1) is 0 Å². The van der Waals surface area contributed by atoms with Crippen molar-refractivity contribution in [2.45, 2.75) is 63.6 Å². The Morgan fingerprint density at radius 1 is 1.16 bits per heavy atom. The fraction of sp³-hybridized carbons (Fsp3) is 0.417. The van der Waals surface area contributed by atoms with Crippen LogP contribution in [0.5, 0.6) is 0 Å². The zero-order chi connectivity index (χ0) is 22.8. The van der Waals surface area contributed by atoms with Gasteiger partial charge in [-0.2, -0.15) is 0 Å². The fourth-order valence-corrected chi connectivity index (χ4v) is 4.39. The third-order valence-electron chi connectivity index (χ3n) is 5.03. The average molecular weight is 526 g/mol. The number of halogens is 2. The molecule has 2 aromatic rings. The second kappa shape index (κ2) is 13.1. The van der Waals surface area contributed by atoms with E-state index in [9.17, 15) is 9.59 Å². The molecule has 0 bridgehead atoms. The van der Waals surface area contributed by atoms with Gasteiger partial charge in [0.1, 0.15) is 6.04 Å². The van der Waals surface area contributed by atoms with E-state index in [1.165, 1.54) is 0 Å². The molecule has 0 aliphatic heterocycles. The summed E-state index contributed by atoms with van der Waals surface area (Å²) in [7, 11) is 0. The molecule has 4 nitrogen and oxygen atoms in total. The van der Waals surface area contributed by atoms with Gasteiger partial charge >= 0.3 is 0 Å². The molecule has 0 unspecified atom stereocenters. The second-order valence-corrected chi connectivity index (χ2v) is 10.1. The van der Waals surface area contributed by atoms with Crippen molar-refractivity contribution in [3.8, 4) is 0 Å². The lowest BCUT2D eigenvalue weighted by Crippen LogP contribution is -2.49. The molecule has 0 radical (unpaired) electrons. The predicted octanol–water partition coefficient (Wildman–Crippen LogP) is 6.31. The lowest BCUT2D eigenvalue weighted by atomic mass is 10.1. The van der Waals surface area contributed by atoms with Gasteiger partial charge in [0.25, 0.3) is 0 Å². The summed E-state index contributed by atoms with van der Waals surface area (Å²) in [5.41, 5.74) is 0.987. The Morgan fingerprint density at radius 2 is 1.87 bits per heavy atom. The first kappa shape index (κ1) is 25.8. The smallest absolute Gasteiger partial charge is 0.242 e. The van der Waals surface area contributed by atoms with E-state index in [0.29, 0.717) is 18.0 Å². The zero-order valence-corrected chi connectivity index (χ0v) is 21.4. The first-order valence-corrected chi connectivity index (χ1v) is 12.7. The number of hydrogen-bond acceptors (Lipinski definition) is 3. The van der Waals surface area contributed by atoms with Gasteiger partial charge in [0.15, 0.2) is 0 Å². The Morgan fingerprint density at radius 3 is 2.52 bits per heavy atom. The molecule has 2 atom stereocenters. The highest BCUT2D eigenvalue weighted by Gasteiger charge is 2.26. The Hall–Kier alpha value is -1.50. The van der Waals surface area contributed by atoms with Gasteiger partial charge in [-0.05, 0) is 74.4 Å². The molecule has 0 aliphatic carbocycles. The number of carbonyl (C=O) groups excluding carboxylic acids is 2. The summed E-state index contributed by atoms with van der Waals surface area (Å²) in [5, 5.41) is 3.71. The molecule has 2 rings (SSSR count). The van der Waals surface area contributed by atoms with Gasteiger partial charge in [-0.15, -0.1) is 11.8 Å². The van der Waals surface area contributed by atoms with Crippen LogP contribution in [0.2, 0.25) is 5.02 Å².